The number of hydrogen-bond donors (Lipinski definition) is 1. The molecule has 1 spiro atoms. The molecule has 3 aliphatic rings. The zero-order chi connectivity index (χ0) is 16.3. The summed E-state index contributed by atoms with van der Waals surface area (Å²) in [6.45, 7) is 4.10. The van der Waals surface area contributed by atoms with E-state index < -0.39 is 10.8 Å². The molecule has 1 saturated carbocycles. The molecule has 0 radical (unpaired) electrons. The highest BCUT2D eigenvalue weighted by molar-refractivity contribution is 7.85. The van der Waals surface area contributed by atoms with Gasteiger partial charge < -0.3 is 15.0 Å². The second kappa shape index (κ2) is 7.51. The molecule has 2 amide bonds. The van der Waals surface area contributed by atoms with Crippen molar-refractivity contribution in [3.05, 3.63) is 0 Å². The average molecular weight is 343 g/mol. The Hall–Kier alpha value is -0.620. The summed E-state index contributed by atoms with van der Waals surface area (Å²) in [6.07, 6.45) is 8.77. The average Bonchev–Trinajstić information content (AvgIpc) is 2.71. The highest BCUT2D eigenvalue weighted by Gasteiger charge is 2.39. The number of amides is 2. The molecule has 2 aliphatic heterocycles. The van der Waals surface area contributed by atoms with E-state index in [4.69, 9.17) is 4.74 Å². The number of nitrogens with one attached hydrogen (secondary N) is 1. The van der Waals surface area contributed by atoms with Gasteiger partial charge in [-0.3, -0.25) is 4.21 Å². The van der Waals surface area contributed by atoms with Crippen molar-refractivity contribution in [2.24, 2.45) is 0 Å². The van der Waals surface area contributed by atoms with E-state index in [1.807, 2.05) is 11.8 Å². The van der Waals surface area contributed by atoms with Gasteiger partial charge in [-0.2, -0.15) is 0 Å². The van der Waals surface area contributed by atoms with Crippen molar-refractivity contribution < 1.29 is 13.7 Å². The maximum atomic E-state index is 12.6. The van der Waals surface area contributed by atoms with E-state index in [0.29, 0.717) is 18.8 Å². The van der Waals surface area contributed by atoms with Gasteiger partial charge in [0.15, 0.2) is 0 Å². The van der Waals surface area contributed by atoms with Gasteiger partial charge >= 0.3 is 6.03 Å². The van der Waals surface area contributed by atoms with Gasteiger partial charge in [0.05, 0.1) is 5.60 Å². The van der Waals surface area contributed by atoms with Gasteiger partial charge in [0.1, 0.15) is 0 Å². The van der Waals surface area contributed by atoms with E-state index in [-0.39, 0.29) is 22.9 Å². The lowest BCUT2D eigenvalue weighted by Crippen LogP contribution is -2.52. The summed E-state index contributed by atoms with van der Waals surface area (Å²) in [5.41, 5.74) is 0.0171. The number of urea groups is 1. The molecule has 23 heavy (non-hydrogen) atoms. The van der Waals surface area contributed by atoms with Crippen LogP contribution in [0.4, 0.5) is 4.79 Å². The van der Waals surface area contributed by atoms with E-state index in [9.17, 15) is 9.00 Å². The molecule has 1 N–H and O–H groups in total. The lowest BCUT2D eigenvalue weighted by atomic mass is 9.78. The smallest absolute Gasteiger partial charge is 0.317 e. The maximum absolute atomic E-state index is 12.6. The van der Waals surface area contributed by atoms with Crippen LogP contribution >= 0.6 is 0 Å². The zero-order valence-electron chi connectivity index (χ0n) is 14.2. The molecule has 3 fully saturated rings. The van der Waals surface area contributed by atoms with Crippen LogP contribution < -0.4 is 5.32 Å². The Morgan fingerprint density at radius 1 is 1.22 bits per heavy atom. The fraction of sp³-hybridized carbons (Fsp3) is 0.941. The van der Waals surface area contributed by atoms with Crippen molar-refractivity contribution in [1.29, 1.82) is 0 Å². The number of hydrogen-bond acceptors (Lipinski definition) is 3. The monoisotopic (exact) mass is 342 g/mol. The van der Waals surface area contributed by atoms with Crippen LogP contribution in [0.1, 0.15) is 58.3 Å². The van der Waals surface area contributed by atoms with Crippen molar-refractivity contribution in [2.75, 3.05) is 25.4 Å². The molecule has 0 aromatic carbocycles. The van der Waals surface area contributed by atoms with Crippen molar-refractivity contribution >= 4 is 16.8 Å². The van der Waals surface area contributed by atoms with Gasteiger partial charge in [0.25, 0.3) is 0 Å². The predicted molar refractivity (Wildman–Crippen MR) is 92.0 cm³/mol. The molecule has 3 atom stereocenters. The van der Waals surface area contributed by atoms with Gasteiger partial charge in [-0.15, -0.1) is 0 Å². The minimum Gasteiger partial charge on any atom is -0.375 e. The first kappa shape index (κ1) is 17.2. The van der Waals surface area contributed by atoms with E-state index in [1.165, 1.54) is 19.3 Å². The zero-order valence-corrected chi connectivity index (χ0v) is 15.0. The van der Waals surface area contributed by atoms with Crippen LogP contribution in [-0.4, -0.2) is 57.5 Å². The minimum absolute atomic E-state index is 0.0171. The van der Waals surface area contributed by atoms with Crippen molar-refractivity contribution in [2.45, 2.75) is 75.2 Å². The summed E-state index contributed by atoms with van der Waals surface area (Å²) in [6, 6.07) is 0.245. The largest absolute Gasteiger partial charge is 0.375 e. The SMILES string of the molecule is C[C@@H]1CCN(C(=O)N[C@@H]2CCOC3(CCCCC3)C2)CC[S@]1=O. The van der Waals surface area contributed by atoms with Crippen LogP contribution in [0, 0.1) is 0 Å². The Labute approximate surface area is 142 Å². The molecule has 0 aromatic heterocycles. The van der Waals surface area contributed by atoms with Crippen molar-refractivity contribution in [3.63, 3.8) is 0 Å². The van der Waals surface area contributed by atoms with Crippen LogP contribution in [0.5, 0.6) is 0 Å². The van der Waals surface area contributed by atoms with Gasteiger partial charge in [-0.05, 0) is 32.1 Å². The number of ether oxygens (including phenoxy) is 1. The Morgan fingerprint density at radius 3 is 2.78 bits per heavy atom. The third-order valence-corrected chi connectivity index (χ3v) is 7.41. The summed E-state index contributed by atoms with van der Waals surface area (Å²) in [5, 5.41) is 3.42. The fourth-order valence-electron chi connectivity index (χ4n) is 4.15. The first-order valence-electron chi connectivity index (χ1n) is 9.15. The van der Waals surface area contributed by atoms with E-state index in [1.54, 1.807) is 0 Å². The van der Waals surface area contributed by atoms with Crippen molar-refractivity contribution in [1.82, 2.24) is 10.2 Å². The second-order valence-electron chi connectivity index (χ2n) is 7.40. The molecule has 0 aromatic rings. The Bertz CT molecular complexity index is 446. The van der Waals surface area contributed by atoms with Gasteiger partial charge in [-0.25, -0.2) is 4.79 Å². The first-order chi connectivity index (χ1) is 11.1. The third kappa shape index (κ3) is 4.27. The summed E-state index contributed by atoms with van der Waals surface area (Å²) in [5.74, 6) is 0.603. The normalized spacial score (nSPS) is 34.8. The molecule has 0 unspecified atom stereocenters. The van der Waals surface area contributed by atoms with E-state index in [0.717, 1.165) is 38.7 Å². The molecule has 6 heteroatoms. The number of carbonyl (C=O) groups excluding carboxylic acids is 1. The second-order valence-corrected chi connectivity index (χ2v) is 9.38. The Kier molecular flexibility index (Phi) is 5.62. The van der Waals surface area contributed by atoms with Gasteiger partial charge in [0.2, 0.25) is 0 Å². The Morgan fingerprint density at radius 2 is 2.00 bits per heavy atom. The van der Waals surface area contributed by atoms with Gasteiger partial charge in [0, 0.05) is 47.5 Å². The number of rotatable bonds is 1. The predicted octanol–water partition coefficient (Wildman–Crippen LogP) is 2.42. The molecule has 132 valence electrons. The van der Waals surface area contributed by atoms with E-state index in [2.05, 4.69) is 5.32 Å². The molecule has 0 bridgehead atoms. The Balaban J connectivity index is 1.53. The topological polar surface area (TPSA) is 58.6 Å². The molecule has 2 saturated heterocycles. The van der Waals surface area contributed by atoms with E-state index >= 15 is 0 Å². The fourth-order valence-corrected chi connectivity index (χ4v) is 5.32. The maximum Gasteiger partial charge on any atom is 0.317 e. The van der Waals surface area contributed by atoms with Gasteiger partial charge in [-0.1, -0.05) is 26.2 Å². The summed E-state index contributed by atoms with van der Waals surface area (Å²) >= 11 is 0. The molecule has 5 nitrogen and oxygen atoms in total. The molecule has 3 rings (SSSR count). The lowest BCUT2D eigenvalue weighted by Gasteiger charge is -2.44. The molecule has 1 aliphatic carbocycles. The molecular weight excluding hydrogens is 312 g/mol. The summed E-state index contributed by atoms with van der Waals surface area (Å²) < 4.78 is 18.0. The standard InChI is InChI=1S/C17H30N2O3S/c1-14-5-9-19(10-12-23(14)21)16(20)18-15-6-11-22-17(13-15)7-3-2-4-8-17/h14-15H,2-13H2,1H3,(H,18,20)/t14-,15-,23-/m1/s1. The van der Waals surface area contributed by atoms with Crippen LogP contribution in [0.2, 0.25) is 0 Å². The quantitative estimate of drug-likeness (QED) is 0.796. The van der Waals surface area contributed by atoms with Crippen molar-refractivity contribution in [3.8, 4) is 0 Å². The molecule has 2 heterocycles. The number of nitrogens with zero attached hydrogens (tertiary/aromatic N) is 1. The van der Waals surface area contributed by atoms with Crippen LogP contribution in [0.3, 0.4) is 0 Å². The van der Waals surface area contributed by atoms with Crippen LogP contribution in [0.25, 0.3) is 0 Å². The summed E-state index contributed by atoms with van der Waals surface area (Å²) in [4.78, 5) is 14.4. The third-order valence-electron chi connectivity index (χ3n) is 5.69. The highest BCUT2D eigenvalue weighted by atomic mass is 32.2. The summed E-state index contributed by atoms with van der Waals surface area (Å²) in [7, 11) is -0.797. The first-order valence-corrected chi connectivity index (χ1v) is 10.5. The van der Waals surface area contributed by atoms with Crippen LogP contribution in [0.15, 0.2) is 0 Å². The molecular formula is C17H30N2O3S. The minimum atomic E-state index is -0.797. The lowest BCUT2D eigenvalue weighted by molar-refractivity contribution is -0.108. The number of carbonyl (C=O) groups is 1. The van der Waals surface area contributed by atoms with Crippen LogP contribution in [-0.2, 0) is 15.5 Å². The highest BCUT2D eigenvalue weighted by Crippen LogP contribution is 2.38.